The van der Waals surface area contributed by atoms with E-state index in [1.54, 1.807) is 12.5 Å². The number of nitrogens with one attached hydrogen (secondary N) is 1. The zero-order valence-corrected chi connectivity index (χ0v) is 16.7. The molecule has 146 valence electrons. The third-order valence-corrected chi connectivity index (χ3v) is 5.16. The van der Waals surface area contributed by atoms with Crippen LogP contribution >= 0.6 is 0 Å². The van der Waals surface area contributed by atoms with Crippen LogP contribution in [0.2, 0.25) is 0 Å². The fourth-order valence-corrected chi connectivity index (χ4v) is 3.62. The van der Waals surface area contributed by atoms with Gasteiger partial charge in [-0.05, 0) is 36.2 Å². The zero-order chi connectivity index (χ0) is 20.3. The van der Waals surface area contributed by atoms with Crippen LogP contribution in [0.4, 0.5) is 5.82 Å². The second-order valence-electron chi connectivity index (χ2n) is 7.25. The van der Waals surface area contributed by atoms with Crippen LogP contribution in [-0.4, -0.2) is 19.5 Å². The number of anilines is 1. The Kier molecular flexibility index (Phi) is 4.69. The summed E-state index contributed by atoms with van der Waals surface area (Å²) >= 11 is 0. The average Bonchev–Trinajstić information content (AvgIpc) is 3.20. The van der Waals surface area contributed by atoms with Crippen LogP contribution in [-0.2, 0) is 6.54 Å². The minimum atomic E-state index is 0.643. The predicted molar refractivity (Wildman–Crippen MR) is 121 cm³/mol. The van der Waals surface area contributed by atoms with Crippen LogP contribution in [0.5, 0.6) is 0 Å². The molecule has 0 saturated heterocycles. The Morgan fingerprint density at radius 1 is 0.900 bits per heavy atom. The summed E-state index contributed by atoms with van der Waals surface area (Å²) in [4.78, 5) is 13.4. The van der Waals surface area contributed by atoms with E-state index in [1.165, 1.54) is 5.56 Å². The lowest BCUT2D eigenvalue weighted by atomic mass is 10.1. The van der Waals surface area contributed by atoms with Crippen molar-refractivity contribution in [2.75, 3.05) is 5.32 Å². The molecule has 1 N–H and O–H groups in total. The summed E-state index contributed by atoms with van der Waals surface area (Å²) in [5.74, 6) is 0.813. The third-order valence-electron chi connectivity index (χ3n) is 5.16. The maximum atomic E-state index is 4.64. The molecule has 0 amide bonds. The highest BCUT2D eigenvalue weighted by Crippen LogP contribution is 2.35. The van der Waals surface area contributed by atoms with E-state index in [0.29, 0.717) is 6.54 Å². The highest BCUT2D eigenvalue weighted by atomic mass is 15.1. The van der Waals surface area contributed by atoms with Gasteiger partial charge in [-0.15, -0.1) is 0 Å². The number of pyridine rings is 1. The Bertz CT molecular complexity index is 1280. The molecule has 0 unspecified atom stereocenters. The van der Waals surface area contributed by atoms with Crippen molar-refractivity contribution in [1.82, 2.24) is 19.5 Å². The van der Waals surface area contributed by atoms with E-state index in [1.807, 2.05) is 24.4 Å². The van der Waals surface area contributed by atoms with Gasteiger partial charge in [0.05, 0.1) is 5.39 Å². The molecule has 30 heavy (non-hydrogen) atoms. The van der Waals surface area contributed by atoms with Crippen LogP contribution in [0.15, 0.2) is 91.6 Å². The lowest BCUT2D eigenvalue weighted by molar-refractivity contribution is 1.05. The number of aryl methyl sites for hydroxylation is 1. The van der Waals surface area contributed by atoms with Crippen molar-refractivity contribution in [2.45, 2.75) is 13.5 Å². The van der Waals surface area contributed by atoms with Gasteiger partial charge in [0.2, 0.25) is 0 Å². The molecule has 5 aromatic rings. The van der Waals surface area contributed by atoms with Crippen molar-refractivity contribution in [1.29, 1.82) is 0 Å². The number of benzene rings is 2. The SMILES string of the molecule is Cc1ccc(-n2cc(-c3ccccc3)c3c(NCc4cccnc4)ncnc32)cc1. The van der Waals surface area contributed by atoms with Crippen molar-refractivity contribution < 1.29 is 0 Å². The second kappa shape index (κ2) is 7.79. The van der Waals surface area contributed by atoms with Gasteiger partial charge in [-0.2, -0.15) is 0 Å². The summed E-state index contributed by atoms with van der Waals surface area (Å²) in [5, 5.41) is 4.49. The van der Waals surface area contributed by atoms with E-state index >= 15 is 0 Å². The highest BCUT2D eigenvalue weighted by molar-refractivity contribution is 6.02. The Balaban J connectivity index is 1.67. The minimum absolute atomic E-state index is 0.643. The lowest BCUT2D eigenvalue weighted by Gasteiger charge is -2.09. The molecule has 0 bridgehead atoms. The number of nitrogens with zero attached hydrogens (tertiary/aromatic N) is 4. The molecule has 3 aromatic heterocycles. The molecular weight excluding hydrogens is 370 g/mol. The highest BCUT2D eigenvalue weighted by Gasteiger charge is 2.17. The molecule has 0 aliphatic carbocycles. The average molecular weight is 391 g/mol. The Labute approximate surface area is 175 Å². The summed E-state index contributed by atoms with van der Waals surface area (Å²) in [6, 6.07) is 22.8. The predicted octanol–water partition coefficient (Wildman–Crippen LogP) is 5.40. The van der Waals surface area contributed by atoms with Crippen LogP contribution in [0.25, 0.3) is 27.8 Å². The van der Waals surface area contributed by atoms with Crippen molar-refractivity contribution in [3.05, 3.63) is 103 Å². The fraction of sp³-hybridized carbons (Fsp3) is 0.0800. The van der Waals surface area contributed by atoms with Crippen LogP contribution in [0, 0.1) is 6.92 Å². The molecule has 0 aliphatic rings. The first-order valence-corrected chi connectivity index (χ1v) is 9.91. The van der Waals surface area contributed by atoms with Gasteiger partial charge in [0.25, 0.3) is 0 Å². The zero-order valence-electron chi connectivity index (χ0n) is 16.7. The van der Waals surface area contributed by atoms with Crippen molar-refractivity contribution in [3.63, 3.8) is 0 Å². The van der Waals surface area contributed by atoms with E-state index in [0.717, 1.165) is 39.2 Å². The Morgan fingerprint density at radius 2 is 1.73 bits per heavy atom. The maximum Gasteiger partial charge on any atom is 0.150 e. The molecule has 0 saturated carbocycles. The Morgan fingerprint density at radius 3 is 2.50 bits per heavy atom. The molecule has 5 heteroatoms. The normalized spacial score (nSPS) is 11.0. The topological polar surface area (TPSA) is 55.6 Å². The molecule has 0 spiro atoms. The van der Waals surface area contributed by atoms with Gasteiger partial charge in [0.15, 0.2) is 5.65 Å². The molecule has 3 heterocycles. The monoisotopic (exact) mass is 391 g/mol. The Hall–Kier alpha value is -3.99. The van der Waals surface area contributed by atoms with Crippen molar-refractivity contribution in [3.8, 4) is 16.8 Å². The quantitative estimate of drug-likeness (QED) is 0.436. The molecule has 0 atom stereocenters. The van der Waals surface area contributed by atoms with E-state index in [9.17, 15) is 0 Å². The largest absolute Gasteiger partial charge is 0.365 e. The van der Waals surface area contributed by atoms with Gasteiger partial charge in [-0.1, -0.05) is 54.1 Å². The number of fused-ring (bicyclic) bond motifs is 1. The summed E-state index contributed by atoms with van der Waals surface area (Å²) in [5.41, 5.74) is 6.51. The molecule has 2 aromatic carbocycles. The first-order valence-electron chi connectivity index (χ1n) is 9.91. The number of aromatic nitrogens is 4. The lowest BCUT2D eigenvalue weighted by Crippen LogP contribution is -2.03. The van der Waals surface area contributed by atoms with E-state index < -0.39 is 0 Å². The smallest absolute Gasteiger partial charge is 0.150 e. The summed E-state index contributed by atoms with van der Waals surface area (Å²) in [6.07, 6.45) is 7.41. The summed E-state index contributed by atoms with van der Waals surface area (Å²) < 4.78 is 2.13. The number of hydrogen-bond acceptors (Lipinski definition) is 4. The van der Waals surface area contributed by atoms with Crippen LogP contribution in [0.3, 0.4) is 0 Å². The van der Waals surface area contributed by atoms with Crippen molar-refractivity contribution in [2.24, 2.45) is 0 Å². The van der Waals surface area contributed by atoms with E-state index in [-0.39, 0.29) is 0 Å². The first kappa shape index (κ1) is 18.1. The van der Waals surface area contributed by atoms with E-state index in [4.69, 9.17) is 0 Å². The molecule has 0 fully saturated rings. The molecular formula is C25H21N5. The van der Waals surface area contributed by atoms with Gasteiger partial charge < -0.3 is 9.88 Å². The van der Waals surface area contributed by atoms with Gasteiger partial charge in [-0.3, -0.25) is 4.98 Å². The molecule has 0 radical (unpaired) electrons. The summed E-state index contributed by atoms with van der Waals surface area (Å²) in [7, 11) is 0. The fourth-order valence-electron chi connectivity index (χ4n) is 3.62. The minimum Gasteiger partial charge on any atom is -0.365 e. The molecule has 5 rings (SSSR count). The van der Waals surface area contributed by atoms with Gasteiger partial charge in [0.1, 0.15) is 12.1 Å². The molecule has 0 aliphatic heterocycles. The second-order valence-corrected chi connectivity index (χ2v) is 7.25. The molecule has 5 nitrogen and oxygen atoms in total. The van der Waals surface area contributed by atoms with Gasteiger partial charge >= 0.3 is 0 Å². The van der Waals surface area contributed by atoms with Gasteiger partial charge in [-0.25, -0.2) is 9.97 Å². The first-order chi connectivity index (χ1) is 14.8. The number of hydrogen-bond donors (Lipinski definition) is 1. The summed E-state index contributed by atoms with van der Waals surface area (Å²) in [6.45, 7) is 2.74. The third kappa shape index (κ3) is 3.42. The van der Waals surface area contributed by atoms with Gasteiger partial charge in [0, 0.05) is 36.4 Å². The number of rotatable bonds is 5. The standard InChI is InChI=1S/C25H21N5/c1-18-9-11-21(12-10-18)30-16-22(20-7-3-2-4-8-20)23-24(28-17-29-25(23)30)27-15-19-6-5-13-26-14-19/h2-14,16-17H,15H2,1H3,(H,27,28,29). The van der Waals surface area contributed by atoms with Crippen LogP contribution in [0.1, 0.15) is 11.1 Å². The van der Waals surface area contributed by atoms with Crippen LogP contribution < -0.4 is 5.32 Å². The van der Waals surface area contributed by atoms with E-state index in [2.05, 4.69) is 86.5 Å². The van der Waals surface area contributed by atoms with Crippen molar-refractivity contribution >= 4 is 16.9 Å². The maximum absolute atomic E-state index is 4.64.